The summed E-state index contributed by atoms with van der Waals surface area (Å²) in [6.45, 7) is 0. The van der Waals surface area contributed by atoms with Gasteiger partial charge in [-0.1, -0.05) is 23.7 Å². The molecule has 0 saturated heterocycles. The maximum absolute atomic E-state index is 12.9. The van der Waals surface area contributed by atoms with Crippen LogP contribution in [0.15, 0.2) is 77.0 Å². The molecule has 0 bridgehead atoms. The fraction of sp³-hybridized carbons (Fsp3) is 0.0526. The fourth-order valence-electron chi connectivity index (χ4n) is 2.55. The first-order valence-corrected chi connectivity index (χ1v) is 10.4. The van der Waals surface area contributed by atoms with Crippen molar-refractivity contribution >= 4 is 44.9 Å². The largest absolute Gasteiger partial charge is 0.278 e. The number of benzene rings is 2. The highest BCUT2D eigenvalue weighted by molar-refractivity contribution is 7.93. The van der Waals surface area contributed by atoms with Gasteiger partial charge in [-0.05, 0) is 24.3 Å². The lowest BCUT2D eigenvalue weighted by atomic mass is 10.3. The molecular formula is C19H17ClN5O4S+. The molecular weight excluding hydrogens is 430 g/mol. The van der Waals surface area contributed by atoms with Crippen molar-refractivity contribution in [3.8, 4) is 0 Å². The van der Waals surface area contributed by atoms with Gasteiger partial charge in [0.25, 0.3) is 15.7 Å². The summed E-state index contributed by atoms with van der Waals surface area (Å²) in [7, 11) is -2.35. The lowest BCUT2D eigenvalue weighted by molar-refractivity contribution is -0.671. The van der Waals surface area contributed by atoms with Gasteiger partial charge in [0.15, 0.2) is 12.4 Å². The number of aromatic nitrogens is 1. The van der Waals surface area contributed by atoms with Crippen LogP contribution in [0.4, 0.5) is 17.1 Å². The van der Waals surface area contributed by atoms with Crippen molar-refractivity contribution in [3.63, 3.8) is 0 Å². The number of aryl methyl sites for hydroxylation is 1. The first-order valence-electron chi connectivity index (χ1n) is 8.56. The van der Waals surface area contributed by atoms with Crippen LogP contribution in [0.2, 0.25) is 5.02 Å². The molecule has 3 aromatic rings. The molecule has 0 unspecified atom stereocenters. The zero-order valence-corrected chi connectivity index (χ0v) is 17.3. The van der Waals surface area contributed by atoms with E-state index in [1.165, 1.54) is 30.5 Å². The molecule has 0 aliphatic heterocycles. The number of pyridine rings is 1. The van der Waals surface area contributed by atoms with Gasteiger partial charge in [-0.25, -0.2) is 13.0 Å². The Balaban J connectivity index is 1.96. The predicted molar refractivity (Wildman–Crippen MR) is 114 cm³/mol. The SMILES string of the molecule is C[n+]1cccc(/C=N/Nc2ccc([N+](=O)[O-])cc2S(=O)(=O)Nc2ccccc2Cl)c1. The van der Waals surface area contributed by atoms with E-state index in [0.717, 1.165) is 11.6 Å². The van der Waals surface area contributed by atoms with Crippen LogP contribution >= 0.6 is 11.6 Å². The topological polar surface area (TPSA) is 118 Å². The molecule has 2 aromatic carbocycles. The van der Waals surface area contributed by atoms with Crippen molar-refractivity contribution in [2.24, 2.45) is 12.1 Å². The molecule has 0 saturated carbocycles. The third-order valence-electron chi connectivity index (χ3n) is 3.94. The second-order valence-corrected chi connectivity index (χ2v) is 8.25. The van der Waals surface area contributed by atoms with Crippen molar-refractivity contribution in [1.82, 2.24) is 0 Å². The Bertz CT molecular complexity index is 1230. The molecule has 0 amide bonds. The summed E-state index contributed by atoms with van der Waals surface area (Å²) in [5, 5.41) is 15.4. The van der Waals surface area contributed by atoms with E-state index >= 15 is 0 Å². The summed E-state index contributed by atoms with van der Waals surface area (Å²) in [5.74, 6) is 0. The minimum absolute atomic E-state index is 0.0664. The molecule has 0 aliphatic carbocycles. The average Bonchev–Trinajstić information content (AvgIpc) is 2.69. The Kier molecular flexibility index (Phi) is 6.28. The van der Waals surface area contributed by atoms with Crippen LogP contribution in [0, 0.1) is 10.1 Å². The number of nitro benzene ring substituents is 1. The third-order valence-corrected chi connectivity index (χ3v) is 5.68. The number of non-ortho nitro benzene ring substituents is 1. The molecule has 0 aliphatic rings. The molecule has 0 radical (unpaired) electrons. The van der Waals surface area contributed by atoms with E-state index in [4.69, 9.17) is 11.6 Å². The van der Waals surface area contributed by atoms with Gasteiger partial charge in [0.1, 0.15) is 11.9 Å². The third kappa shape index (κ3) is 5.10. The normalized spacial score (nSPS) is 11.4. The Morgan fingerprint density at radius 1 is 1.13 bits per heavy atom. The lowest BCUT2D eigenvalue weighted by Gasteiger charge is -2.12. The molecule has 9 nitrogen and oxygen atoms in total. The Labute approximate surface area is 177 Å². The molecule has 11 heteroatoms. The summed E-state index contributed by atoms with van der Waals surface area (Å²) in [5.41, 5.74) is 3.25. The van der Waals surface area contributed by atoms with E-state index in [9.17, 15) is 18.5 Å². The van der Waals surface area contributed by atoms with Gasteiger partial charge < -0.3 is 0 Å². The Hall–Kier alpha value is -3.50. The molecule has 0 atom stereocenters. The number of hydrogen-bond acceptors (Lipinski definition) is 6. The number of nitrogens with one attached hydrogen (secondary N) is 2. The van der Waals surface area contributed by atoms with Crippen molar-refractivity contribution in [2.45, 2.75) is 4.90 Å². The highest BCUT2D eigenvalue weighted by Gasteiger charge is 2.23. The number of hydrazone groups is 1. The molecule has 2 N–H and O–H groups in total. The number of halogens is 1. The van der Waals surface area contributed by atoms with E-state index in [1.807, 2.05) is 36.1 Å². The summed E-state index contributed by atoms with van der Waals surface area (Å²) in [6.07, 6.45) is 5.17. The number of hydrogen-bond donors (Lipinski definition) is 2. The maximum Gasteiger partial charge on any atom is 0.270 e. The number of nitro groups is 1. The van der Waals surface area contributed by atoms with Gasteiger partial charge in [0.05, 0.1) is 33.1 Å². The molecule has 1 aromatic heterocycles. The standard InChI is InChI=1S/C19H17ClN5O4S/c1-24-10-4-5-14(13-24)12-21-22-18-9-8-15(25(26)27)11-19(18)30(28,29)23-17-7-3-2-6-16(17)20/h2-13,22-23H,1H3/q+1/b21-12+. The van der Waals surface area contributed by atoms with E-state index in [1.54, 1.807) is 12.1 Å². The van der Waals surface area contributed by atoms with Gasteiger partial charge in [0.2, 0.25) is 0 Å². The Morgan fingerprint density at radius 2 is 1.90 bits per heavy atom. The second kappa shape index (κ2) is 8.89. The van der Waals surface area contributed by atoms with Crippen molar-refractivity contribution in [3.05, 3.63) is 87.7 Å². The molecule has 3 rings (SSSR count). The summed E-state index contributed by atoms with van der Waals surface area (Å²) in [4.78, 5) is 10.1. The summed E-state index contributed by atoms with van der Waals surface area (Å²) >= 11 is 6.03. The van der Waals surface area contributed by atoms with Gasteiger partial charge in [-0.2, -0.15) is 5.10 Å². The van der Waals surface area contributed by atoms with Gasteiger partial charge >= 0.3 is 0 Å². The number of anilines is 2. The van der Waals surface area contributed by atoms with Gasteiger partial charge in [-0.15, -0.1) is 0 Å². The number of nitrogens with zero attached hydrogens (tertiary/aromatic N) is 3. The van der Waals surface area contributed by atoms with Crippen LogP contribution in [-0.4, -0.2) is 19.6 Å². The van der Waals surface area contributed by atoms with Crippen LogP contribution in [0.3, 0.4) is 0 Å². The Morgan fingerprint density at radius 3 is 2.60 bits per heavy atom. The van der Waals surface area contributed by atoms with Crippen LogP contribution in [0.25, 0.3) is 0 Å². The first kappa shape index (κ1) is 21.2. The minimum atomic E-state index is -4.20. The van der Waals surface area contributed by atoms with Crippen molar-refractivity contribution in [2.75, 3.05) is 10.1 Å². The summed E-state index contributed by atoms with van der Waals surface area (Å²) in [6, 6.07) is 13.3. The molecule has 154 valence electrons. The minimum Gasteiger partial charge on any atom is -0.278 e. The number of rotatable bonds is 7. The zero-order chi connectivity index (χ0) is 21.7. The fourth-order valence-corrected chi connectivity index (χ4v) is 4.04. The van der Waals surface area contributed by atoms with Crippen LogP contribution in [0.1, 0.15) is 5.56 Å². The monoisotopic (exact) mass is 446 g/mol. The zero-order valence-electron chi connectivity index (χ0n) is 15.7. The van der Waals surface area contributed by atoms with Crippen molar-refractivity contribution < 1.29 is 17.9 Å². The highest BCUT2D eigenvalue weighted by atomic mass is 35.5. The summed E-state index contributed by atoms with van der Waals surface area (Å²) < 4.78 is 30.1. The van der Waals surface area contributed by atoms with Crippen LogP contribution < -0.4 is 14.7 Å². The second-order valence-electron chi connectivity index (χ2n) is 6.20. The maximum atomic E-state index is 12.9. The van der Waals surface area contributed by atoms with E-state index in [2.05, 4.69) is 15.2 Å². The van der Waals surface area contributed by atoms with Gasteiger partial charge in [0, 0.05) is 18.2 Å². The van der Waals surface area contributed by atoms with E-state index in [0.29, 0.717) is 0 Å². The van der Waals surface area contributed by atoms with Gasteiger partial charge in [-0.3, -0.25) is 20.3 Å². The smallest absolute Gasteiger partial charge is 0.270 e. The predicted octanol–water partition coefficient (Wildman–Crippen LogP) is 3.32. The molecule has 0 spiro atoms. The first-order chi connectivity index (χ1) is 14.3. The molecule has 1 heterocycles. The number of sulfonamides is 1. The van der Waals surface area contributed by atoms with Crippen LogP contribution in [-0.2, 0) is 17.1 Å². The van der Waals surface area contributed by atoms with E-state index < -0.39 is 14.9 Å². The van der Waals surface area contributed by atoms with E-state index in [-0.39, 0.29) is 27.0 Å². The lowest BCUT2D eigenvalue weighted by Crippen LogP contribution is -2.26. The highest BCUT2D eigenvalue weighted by Crippen LogP contribution is 2.30. The molecule has 30 heavy (non-hydrogen) atoms. The van der Waals surface area contributed by atoms with Crippen LogP contribution in [0.5, 0.6) is 0 Å². The number of para-hydroxylation sites is 1. The van der Waals surface area contributed by atoms with Crippen molar-refractivity contribution in [1.29, 1.82) is 0 Å². The quantitative estimate of drug-likeness (QED) is 0.250. The average molecular weight is 447 g/mol. The molecule has 0 fully saturated rings.